The Morgan fingerprint density at radius 3 is 2.65 bits per heavy atom. The molecule has 7 heteroatoms. The molecule has 1 aliphatic heterocycles. The number of rotatable bonds is 3. The van der Waals surface area contributed by atoms with Crippen LogP contribution in [0.5, 0.6) is 0 Å². The summed E-state index contributed by atoms with van der Waals surface area (Å²) in [5, 5.41) is 11.9. The van der Waals surface area contributed by atoms with Crippen LogP contribution in [0.4, 0.5) is 17.3 Å². The molecule has 1 saturated heterocycles. The number of piperidine rings is 1. The number of nitrogens with one attached hydrogen (secondary N) is 1. The number of hydrogen-bond acceptors (Lipinski definition) is 6. The highest BCUT2D eigenvalue weighted by Crippen LogP contribution is 2.20. The third-order valence-corrected chi connectivity index (χ3v) is 4.01. The predicted octanol–water partition coefficient (Wildman–Crippen LogP) is 2.56. The number of aromatic nitrogens is 5. The van der Waals surface area contributed by atoms with Crippen LogP contribution in [-0.2, 0) is 0 Å². The van der Waals surface area contributed by atoms with Crippen LogP contribution in [0.1, 0.15) is 25.1 Å². The Morgan fingerprint density at radius 1 is 1.00 bits per heavy atom. The van der Waals surface area contributed by atoms with Gasteiger partial charge < -0.3 is 10.2 Å². The van der Waals surface area contributed by atoms with E-state index in [4.69, 9.17) is 0 Å². The molecule has 4 heterocycles. The van der Waals surface area contributed by atoms with Crippen molar-refractivity contribution in [2.45, 2.75) is 26.2 Å². The maximum atomic E-state index is 4.57. The normalized spacial score (nSPS) is 15.1. The minimum absolute atomic E-state index is 0.710. The summed E-state index contributed by atoms with van der Waals surface area (Å²) in [5.41, 5.74) is 1.65. The Morgan fingerprint density at radius 2 is 1.87 bits per heavy atom. The van der Waals surface area contributed by atoms with E-state index in [1.165, 1.54) is 23.9 Å². The lowest BCUT2D eigenvalue weighted by molar-refractivity contribution is 0.573. The minimum Gasteiger partial charge on any atom is -0.357 e. The molecule has 1 aliphatic rings. The Bertz CT molecular complexity index is 803. The highest BCUT2D eigenvalue weighted by Gasteiger charge is 2.11. The van der Waals surface area contributed by atoms with E-state index in [-0.39, 0.29) is 0 Å². The number of pyridine rings is 1. The van der Waals surface area contributed by atoms with E-state index < -0.39 is 0 Å². The SMILES string of the molecule is Cc1nc2ccc(Nc3ccc(N4CCCCC4)nc3)nn2n1. The number of anilines is 3. The second-order valence-electron chi connectivity index (χ2n) is 5.80. The number of aryl methyl sites for hydroxylation is 1. The first-order valence-electron chi connectivity index (χ1n) is 7.97. The van der Waals surface area contributed by atoms with E-state index in [9.17, 15) is 0 Å². The van der Waals surface area contributed by atoms with E-state index in [2.05, 4.69) is 36.4 Å². The van der Waals surface area contributed by atoms with Gasteiger partial charge in [-0.2, -0.15) is 0 Å². The highest BCUT2D eigenvalue weighted by molar-refractivity contribution is 5.58. The molecule has 7 nitrogen and oxygen atoms in total. The van der Waals surface area contributed by atoms with Gasteiger partial charge in [0.25, 0.3) is 0 Å². The Labute approximate surface area is 134 Å². The third kappa shape index (κ3) is 2.94. The van der Waals surface area contributed by atoms with Crippen molar-refractivity contribution >= 4 is 23.0 Å². The van der Waals surface area contributed by atoms with Crippen LogP contribution in [-0.4, -0.2) is 37.9 Å². The van der Waals surface area contributed by atoms with Gasteiger partial charge in [0.1, 0.15) is 11.6 Å². The first-order chi connectivity index (χ1) is 11.3. The van der Waals surface area contributed by atoms with Crippen LogP contribution in [0.15, 0.2) is 30.5 Å². The molecule has 4 rings (SSSR count). The zero-order chi connectivity index (χ0) is 15.6. The minimum atomic E-state index is 0.710. The summed E-state index contributed by atoms with van der Waals surface area (Å²) in [4.78, 5) is 11.2. The van der Waals surface area contributed by atoms with Crippen molar-refractivity contribution in [3.8, 4) is 0 Å². The number of fused-ring (bicyclic) bond motifs is 1. The molecule has 0 radical (unpaired) electrons. The van der Waals surface area contributed by atoms with E-state index in [0.717, 1.165) is 36.1 Å². The molecule has 1 fully saturated rings. The molecule has 3 aromatic rings. The summed E-state index contributed by atoms with van der Waals surface area (Å²) in [6.07, 6.45) is 5.68. The van der Waals surface area contributed by atoms with Gasteiger partial charge in [-0.15, -0.1) is 14.8 Å². The predicted molar refractivity (Wildman–Crippen MR) is 89.1 cm³/mol. The largest absolute Gasteiger partial charge is 0.357 e. The van der Waals surface area contributed by atoms with Gasteiger partial charge in [-0.1, -0.05) is 0 Å². The van der Waals surface area contributed by atoms with Gasteiger partial charge >= 0.3 is 0 Å². The van der Waals surface area contributed by atoms with Crippen LogP contribution in [0.2, 0.25) is 0 Å². The van der Waals surface area contributed by atoms with Crippen LogP contribution < -0.4 is 10.2 Å². The Kier molecular flexibility index (Phi) is 3.53. The average molecular weight is 309 g/mol. The molecular weight excluding hydrogens is 290 g/mol. The summed E-state index contributed by atoms with van der Waals surface area (Å²) >= 11 is 0. The molecule has 23 heavy (non-hydrogen) atoms. The zero-order valence-electron chi connectivity index (χ0n) is 13.1. The molecule has 3 aromatic heterocycles. The summed E-state index contributed by atoms with van der Waals surface area (Å²) in [5.74, 6) is 2.47. The molecule has 118 valence electrons. The maximum Gasteiger partial charge on any atom is 0.176 e. The quantitative estimate of drug-likeness (QED) is 0.802. The molecule has 0 aromatic carbocycles. The average Bonchev–Trinajstić information content (AvgIpc) is 2.96. The lowest BCUT2D eigenvalue weighted by atomic mass is 10.1. The fraction of sp³-hybridized carbons (Fsp3) is 0.375. The van der Waals surface area contributed by atoms with E-state index >= 15 is 0 Å². The number of hydrogen-bond donors (Lipinski definition) is 1. The smallest absolute Gasteiger partial charge is 0.176 e. The second kappa shape index (κ2) is 5.83. The van der Waals surface area contributed by atoms with E-state index in [1.54, 1.807) is 0 Å². The highest BCUT2D eigenvalue weighted by atomic mass is 15.5. The van der Waals surface area contributed by atoms with Crippen molar-refractivity contribution in [3.05, 3.63) is 36.3 Å². The molecule has 1 N–H and O–H groups in total. The van der Waals surface area contributed by atoms with Gasteiger partial charge in [0.05, 0.1) is 11.9 Å². The van der Waals surface area contributed by atoms with Crippen molar-refractivity contribution in [1.82, 2.24) is 24.8 Å². The van der Waals surface area contributed by atoms with Crippen LogP contribution in [0, 0.1) is 6.92 Å². The van der Waals surface area contributed by atoms with E-state index in [1.807, 2.05) is 31.3 Å². The molecule has 0 bridgehead atoms. The lowest BCUT2D eigenvalue weighted by Gasteiger charge is -2.27. The van der Waals surface area contributed by atoms with Crippen molar-refractivity contribution < 1.29 is 0 Å². The van der Waals surface area contributed by atoms with Crippen molar-refractivity contribution in [1.29, 1.82) is 0 Å². The monoisotopic (exact) mass is 309 g/mol. The summed E-state index contributed by atoms with van der Waals surface area (Å²) in [6.45, 7) is 4.05. The molecule has 0 aliphatic carbocycles. The lowest BCUT2D eigenvalue weighted by Crippen LogP contribution is -2.29. The first-order valence-corrected chi connectivity index (χ1v) is 7.97. The Balaban J connectivity index is 1.50. The zero-order valence-corrected chi connectivity index (χ0v) is 13.1. The van der Waals surface area contributed by atoms with Crippen LogP contribution in [0.25, 0.3) is 5.65 Å². The summed E-state index contributed by atoms with van der Waals surface area (Å²) in [6, 6.07) is 7.88. The van der Waals surface area contributed by atoms with Crippen LogP contribution >= 0.6 is 0 Å². The van der Waals surface area contributed by atoms with E-state index in [0.29, 0.717) is 5.82 Å². The molecule has 0 amide bonds. The van der Waals surface area contributed by atoms with Gasteiger partial charge in [0.2, 0.25) is 0 Å². The van der Waals surface area contributed by atoms with Crippen molar-refractivity contribution in [2.75, 3.05) is 23.3 Å². The van der Waals surface area contributed by atoms with Crippen LogP contribution in [0.3, 0.4) is 0 Å². The summed E-state index contributed by atoms with van der Waals surface area (Å²) in [7, 11) is 0. The van der Waals surface area contributed by atoms with Gasteiger partial charge in [-0.3, -0.25) is 0 Å². The van der Waals surface area contributed by atoms with Gasteiger partial charge in [-0.05, 0) is 50.5 Å². The fourth-order valence-electron chi connectivity index (χ4n) is 2.87. The second-order valence-corrected chi connectivity index (χ2v) is 5.80. The third-order valence-electron chi connectivity index (χ3n) is 4.01. The molecule has 0 unspecified atom stereocenters. The molecule has 0 spiro atoms. The van der Waals surface area contributed by atoms with Crippen molar-refractivity contribution in [2.24, 2.45) is 0 Å². The Hall–Kier alpha value is -2.70. The number of nitrogens with zero attached hydrogens (tertiary/aromatic N) is 6. The summed E-state index contributed by atoms with van der Waals surface area (Å²) < 4.78 is 1.53. The van der Waals surface area contributed by atoms with Gasteiger partial charge in [-0.25, -0.2) is 9.97 Å². The first kappa shape index (κ1) is 13.9. The maximum absolute atomic E-state index is 4.57. The van der Waals surface area contributed by atoms with Crippen molar-refractivity contribution in [3.63, 3.8) is 0 Å². The van der Waals surface area contributed by atoms with Gasteiger partial charge in [0.15, 0.2) is 11.5 Å². The topological polar surface area (TPSA) is 71.2 Å². The molecule has 0 atom stereocenters. The standard InChI is InChI=1S/C16H19N7/c1-12-18-16-8-6-14(21-23(16)20-12)19-13-5-7-15(17-11-13)22-9-3-2-4-10-22/h5-8,11H,2-4,9-10H2,1H3,(H,19,21). The van der Waals surface area contributed by atoms with Gasteiger partial charge in [0, 0.05) is 13.1 Å². The molecule has 0 saturated carbocycles. The molecular formula is C16H19N7. The fourth-order valence-corrected chi connectivity index (χ4v) is 2.87.